The number of nitrogens with one attached hydrogen (secondary N) is 1. The van der Waals surface area contributed by atoms with Crippen LogP contribution in [-0.2, 0) is 16.1 Å². The molecular formula is C17H29NO2S. The summed E-state index contributed by atoms with van der Waals surface area (Å²) < 4.78 is 5.38. The van der Waals surface area contributed by atoms with E-state index in [4.69, 9.17) is 4.74 Å². The van der Waals surface area contributed by atoms with Crippen LogP contribution in [0.3, 0.4) is 0 Å². The van der Waals surface area contributed by atoms with Crippen molar-refractivity contribution in [2.45, 2.75) is 59.5 Å². The second-order valence-electron chi connectivity index (χ2n) is 6.43. The number of ether oxygens (including phenoxy) is 1. The first-order valence-electron chi connectivity index (χ1n) is 7.84. The number of rotatable bonds is 9. The van der Waals surface area contributed by atoms with E-state index in [0.717, 1.165) is 19.4 Å². The average Bonchev–Trinajstić information content (AvgIpc) is 2.88. The van der Waals surface area contributed by atoms with Crippen LogP contribution >= 0.6 is 11.3 Å². The maximum absolute atomic E-state index is 12.6. The van der Waals surface area contributed by atoms with E-state index >= 15 is 0 Å². The molecule has 0 aromatic carbocycles. The molecule has 0 spiro atoms. The number of carbonyl (C=O) groups excluding carboxylic acids is 1. The van der Waals surface area contributed by atoms with Gasteiger partial charge in [-0.2, -0.15) is 0 Å². The van der Waals surface area contributed by atoms with Crippen molar-refractivity contribution < 1.29 is 9.53 Å². The molecule has 1 aromatic heterocycles. The lowest BCUT2D eigenvalue weighted by Gasteiger charge is -2.35. The van der Waals surface area contributed by atoms with Crippen molar-refractivity contribution in [3.63, 3.8) is 0 Å². The van der Waals surface area contributed by atoms with E-state index in [1.807, 2.05) is 13.0 Å². The SMILES string of the molecule is CCOC(=O)C(CC(C)C)(CC(C)C)NCc1cccs1. The fourth-order valence-electron chi connectivity index (χ4n) is 2.80. The average molecular weight is 311 g/mol. The highest BCUT2D eigenvalue weighted by Gasteiger charge is 2.40. The van der Waals surface area contributed by atoms with Gasteiger partial charge in [0.2, 0.25) is 0 Å². The Morgan fingerprint density at radius 2 is 1.90 bits per heavy atom. The van der Waals surface area contributed by atoms with Gasteiger partial charge in [0, 0.05) is 11.4 Å². The quantitative estimate of drug-likeness (QED) is 0.694. The van der Waals surface area contributed by atoms with Crippen LogP contribution in [0.4, 0.5) is 0 Å². The summed E-state index contributed by atoms with van der Waals surface area (Å²) in [5, 5.41) is 5.58. The summed E-state index contributed by atoms with van der Waals surface area (Å²) in [5.74, 6) is 0.761. The third-order valence-corrected chi connectivity index (χ3v) is 4.24. The van der Waals surface area contributed by atoms with Crippen molar-refractivity contribution in [2.75, 3.05) is 6.61 Å². The van der Waals surface area contributed by atoms with Gasteiger partial charge in [0.15, 0.2) is 0 Å². The summed E-state index contributed by atoms with van der Waals surface area (Å²) in [5.41, 5.74) is -0.581. The van der Waals surface area contributed by atoms with Crippen molar-refractivity contribution in [3.05, 3.63) is 22.4 Å². The Morgan fingerprint density at radius 1 is 1.29 bits per heavy atom. The number of esters is 1. The predicted octanol–water partition coefficient (Wildman–Crippen LogP) is 4.23. The lowest BCUT2D eigenvalue weighted by molar-refractivity contribution is -0.153. The molecule has 120 valence electrons. The Morgan fingerprint density at radius 3 is 2.33 bits per heavy atom. The summed E-state index contributed by atoms with van der Waals surface area (Å²) in [6, 6.07) is 4.14. The van der Waals surface area contributed by atoms with E-state index in [9.17, 15) is 4.79 Å². The summed E-state index contributed by atoms with van der Waals surface area (Å²) in [7, 11) is 0. The Bertz CT molecular complexity index is 402. The molecule has 0 atom stereocenters. The number of carbonyl (C=O) groups is 1. The van der Waals surface area contributed by atoms with Crippen molar-refractivity contribution >= 4 is 17.3 Å². The van der Waals surface area contributed by atoms with E-state index in [0.29, 0.717) is 18.4 Å². The molecule has 0 aliphatic rings. The molecule has 0 unspecified atom stereocenters. The first kappa shape index (κ1) is 18.2. The molecule has 0 aliphatic carbocycles. The summed E-state index contributed by atoms with van der Waals surface area (Å²) in [6.45, 7) is 11.6. The first-order valence-corrected chi connectivity index (χ1v) is 8.72. The van der Waals surface area contributed by atoms with Crippen LogP contribution < -0.4 is 5.32 Å². The maximum atomic E-state index is 12.6. The molecule has 21 heavy (non-hydrogen) atoms. The molecule has 0 radical (unpaired) electrons. The minimum atomic E-state index is -0.581. The molecule has 3 nitrogen and oxygen atoms in total. The van der Waals surface area contributed by atoms with Gasteiger partial charge in [0.05, 0.1) is 6.61 Å². The van der Waals surface area contributed by atoms with E-state index in [-0.39, 0.29) is 5.97 Å². The van der Waals surface area contributed by atoms with E-state index in [1.54, 1.807) is 11.3 Å². The molecule has 0 saturated heterocycles. The zero-order chi connectivity index (χ0) is 15.9. The first-order chi connectivity index (χ1) is 9.89. The standard InChI is InChI=1S/C17H29NO2S/c1-6-20-16(19)17(10-13(2)3,11-14(4)5)18-12-15-8-7-9-21-15/h7-9,13-14,18H,6,10-12H2,1-5H3. The fraction of sp³-hybridized carbons (Fsp3) is 0.706. The lowest BCUT2D eigenvalue weighted by Crippen LogP contribution is -2.54. The smallest absolute Gasteiger partial charge is 0.326 e. The molecular weight excluding hydrogens is 282 g/mol. The molecule has 0 amide bonds. The van der Waals surface area contributed by atoms with Crippen LogP contribution in [0.25, 0.3) is 0 Å². The predicted molar refractivity (Wildman–Crippen MR) is 89.4 cm³/mol. The van der Waals surface area contributed by atoms with Gasteiger partial charge in [-0.25, -0.2) is 0 Å². The molecule has 0 bridgehead atoms. The second kappa shape index (κ2) is 8.54. The van der Waals surface area contributed by atoms with Crippen LogP contribution in [0.1, 0.15) is 52.3 Å². The molecule has 4 heteroatoms. The third kappa shape index (κ3) is 5.79. The van der Waals surface area contributed by atoms with E-state index in [2.05, 4.69) is 44.5 Å². The molecule has 1 heterocycles. The highest BCUT2D eigenvalue weighted by atomic mass is 32.1. The van der Waals surface area contributed by atoms with Crippen LogP contribution in [-0.4, -0.2) is 18.1 Å². The molecule has 1 N–H and O–H groups in total. The molecule has 0 fully saturated rings. The van der Waals surface area contributed by atoms with Crippen molar-refractivity contribution in [2.24, 2.45) is 11.8 Å². The molecule has 0 aliphatic heterocycles. The fourth-order valence-corrected chi connectivity index (χ4v) is 3.44. The van der Waals surface area contributed by atoms with Gasteiger partial charge in [0.1, 0.15) is 5.54 Å². The summed E-state index contributed by atoms with van der Waals surface area (Å²) >= 11 is 1.71. The Kier molecular flexibility index (Phi) is 7.40. The van der Waals surface area contributed by atoms with Gasteiger partial charge in [0.25, 0.3) is 0 Å². The second-order valence-corrected chi connectivity index (χ2v) is 7.46. The Labute approximate surface area is 133 Å². The van der Waals surface area contributed by atoms with Crippen LogP contribution in [0.15, 0.2) is 17.5 Å². The van der Waals surface area contributed by atoms with Crippen molar-refractivity contribution in [1.82, 2.24) is 5.32 Å². The van der Waals surface area contributed by atoms with E-state index in [1.165, 1.54) is 4.88 Å². The number of hydrogen-bond acceptors (Lipinski definition) is 4. The largest absolute Gasteiger partial charge is 0.465 e. The monoisotopic (exact) mass is 311 g/mol. The maximum Gasteiger partial charge on any atom is 0.326 e. The minimum Gasteiger partial charge on any atom is -0.465 e. The van der Waals surface area contributed by atoms with Crippen molar-refractivity contribution in [1.29, 1.82) is 0 Å². The molecule has 1 aromatic rings. The third-order valence-electron chi connectivity index (χ3n) is 3.36. The van der Waals surface area contributed by atoms with Crippen molar-refractivity contribution in [3.8, 4) is 0 Å². The van der Waals surface area contributed by atoms with Gasteiger partial charge in [-0.3, -0.25) is 10.1 Å². The lowest BCUT2D eigenvalue weighted by atomic mass is 9.81. The van der Waals surface area contributed by atoms with Crippen LogP contribution in [0, 0.1) is 11.8 Å². The van der Waals surface area contributed by atoms with Gasteiger partial charge < -0.3 is 4.74 Å². The normalized spacial score (nSPS) is 12.1. The highest BCUT2D eigenvalue weighted by molar-refractivity contribution is 7.09. The number of thiophene rings is 1. The topological polar surface area (TPSA) is 38.3 Å². The Balaban J connectivity index is 2.93. The minimum absolute atomic E-state index is 0.107. The van der Waals surface area contributed by atoms with Gasteiger partial charge in [-0.1, -0.05) is 33.8 Å². The zero-order valence-electron chi connectivity index (χ0n) is 13.9. The van der Waals surface area contributed by atoms with Gasteiger partial charge in [-0.15, -0.1) is 11.3 Å². The zero-order valence-corrected chi connectivity index (χ0v) is 14.8. The highest BCUT2D eigenvalue weighted by Crippen LogP contribution is 2.27. The molecule has 1 rings (SSSR count). The van der Waals surface area contributed by atoms with Crippen LogP contribution in [0.2, 0.25) is 0 Å². The van der Waals surface area contributed by atoms with E-state index < -0.39 is 5.54 Å². The summed E-state index contributed by atoms with van der Waals surface area (Å²) in [4.78, 5) is 13.9. The van der Waals surface area contributed by atoms with Crippen LogP contribution in [0.5, 0.6) is 0 Å². The number of hydrogen-bond donors (Lipinski definition) is 1. The molecule has 0 saturated carbocycles. The van der Waals surface area contributed by atoms with Gasteiger partial charge >= 0.3 is 5.97 Å². The Hall–Kier alpha value is -0.870. The van der Waals surface area contributed by atoms with Gasteiger partial charge in [-0.05, 0) is 43.0 Å². The summed E-state index contributed by atoms with van der Waals surface area (Å²) in [6.07, 6.45) is 1.60.